The maximum absolute atomic E-state index is 9.98. The van der Waals surface area contributed by atoms with Crippen LogP contribution in [0.4, 0.5) is 11.5 Å². The molecule has 3 aromatic rings. The summed E-state index contributed by atoms with van der Waals surface area (Å²) >= 11 is 0. The lowest BCUT2D eigenvalue weighted by atomic mass is 10.2. The van der Waals surface area contributed by atoms with Crippen LogP contribution in [0.15, 0.2) is 36.7 Å². The van der Waals surface area contributed by atoms with Gasteiger partial charge in [0, 0.05) is 42.8 Å². The van der Waals surface area contributed by atoms with Crippen LogP contribution in [0.25, 0.3) is 10.9 Å². The molecule has 0 bridgehead atoms. The van der Waals surface area contributed by atoms with Crippen LogP contribution in [0.5, 0.6) is 17.2 Å². The molecule has 0 spiro atoms. The Morgan fingerprint density at radius 1 is 1.13 bits per heavy atom. The second-order valence-corrected chi connectivity index (χ2v) is 7.52. The fourth-order valence-electron chi connectivity index (χ4n) is 3.55. The van der Waals surface area contributed by atoms with Crippen molar-refractivity contribution in [3.8, 4) is 17.2 Å². The van der Waals surface area contributed by atoms with Crippen LogP contribution in [0.1, 0.15) is 12.0 Å². The molecule has 0 amide bonds. The van der Waals surface area contributed by atoms with Crippen LogP contribution in [0.2, 0.25) is 0 Å². The molecular formula is C23H28N4O4. The average molecular weight is 425 g/mol. The van der Waals surface area contributed by atoms with Gasteiger partial charge in [0.1, 0.15) is 17.9 Å². The fraction of sp³-hybridized carbons (Fsp3) is 0.391. The van der Waals surface area contributed by atoms with E-state index in [1.165, 1.54) is 6.33 Å². The third-order valence-corrected chi connectivity index (χ3v) is 5.37. The van der Waals surface area contributed by atoms with E-state index in [0.717, 1.165) is 61.4 Å². The molecular weight excluding hydrogens is 396 g/mol. The smallest absolute Gasteiger partial charge is 0.163 e. The quantitative estimate of drug-likeness (QED) is 0.531. The van der Waals surface area contributed by atoms with Gasteiger partial charge in [0.05, 0.1) is 32.4 Å². The molecule has 2 heterocycles. The van der Waals surface area contributed by atoms with Crippen LogP contribution in [0, 0.1) is 6.92 Å². The first kappa shape index (κ1) is 21.1. The lowest BCUT2D eigenvalue weighted by molar-refractivity contribution is 0.0357. The number of morpholine rings is 1. The summed E-state index contributed by atoms with van der Waals surface area (Å²) < 4.78 is 17.0. The normalized spacial score (nSPS) is 14.5. The van der Waals surface area contributed by atoms with Crippen molar-refractivity contribution in [2.75, 3.05) is 51.9 Å². The summed E-state index contributed by atoms with van der Waals surface area (Å²) in [5, 5.41) is 14.0. The topological polar surface area (TPSA) is 89.0 Å². The first-order chi connectivity index (χ1) is 15.1. The highest BCUT2D eigenvalue weighted by atomic mass is 16.5. The molecule has 0 saturated carbocycles. The van der Waals surface area contributed by atoms with Gasteiger partial charge in [-0.1, -0.05) is 6.07 Å². The standard InChI is InChI=1S/C23H28N4O4/c1-16-4-5-17(12-20(16)28)26-23-18-13-21(29-2)22(14-19(18)24-15-25-23)31-9-3-6-27-7-10-30-11-8-27/h4-5,12-15,28H,3,6-11H2,1-2H3,(H,24,25,26). The molecule has 1 aliphatic heterocycles. The maximum Gasteiger partial charge on any atom is 0.163 e. The number of methoxy groups -OCH3 is 1. The van der Waals surface area contributed by atoms with Crippen LogP contribution >= 0.6 is 0 Å². The van der Waals surface area contributed by atoms with Crippen molar-refractivity contribution in [1.29, 1.82) is 0 Å². The van der Waals surface area contributed by atoms with E-state index in [-0.39, 0.29) is 5.75 Å². The zero-order chi connectivity index (χ0) is 21.6. The zero-order valence-electron chi connectivity index (χ0n) is 17.9. The first-order valence-corrected chi connectivity index (χ1v) is 10.5. The molecule has 164 valence electrons. The molecule has 1 saturated heterocycles. The van der Waals surface area contributed by atoms with E-state index in [2.05, 4.69) is 20.2 Å². The average Bonchev–Trinajstić information content (AvgIpc) is 2.79. The number of nitrogens with one attached hydrogen (secondary N) is 1. The van der Waals surface area contributed by atoms with Gasteiger partial charge in [-0.2, -0.15) is 0 Å². The largest absolute Gasteiger partial charge is 0.508 e. The van der Waals surface area contributed by atoms with Crippen molar-refractivity contribution in [3.05, 3.63) is 42.2 Å². The third-order valence-electron chi connectivity index (χ3n) is 5.37. The summed E-state index contributed by atoms with van der Waals surface area (Å²) in [5.74, 6) is 2.15. The van der Waals surface area contributed by atoms with Crippen LogP contribution in [0.3, 0.4) is 0 Å². The molecule has 0 unspecified atom stereocenters. The number of hydrogen-bond acceptors (Lipinski definition) is 8. The monoisotopic (exact) mass is 424 g/mol. The number of phenols is 1. The van der Waals surface area contributed by atoms with Gasteiger partial charge in [-0.15, -0.1) is 0 Å². The zero-order valence-corrected chi connectivity index (χ0v) is 17.9. The van der Waals surface area contributed by atoms with Gasteiger partial charge in [-0.25, -0.2) is 9.97 Å². The van der Waals surface area contributed by atoms with Crippen molar-refractivity contribution in [3.63, 3.8) is 0 Å². The van der Waals surface area contributed by atoms with Crippen molar-refractivity contribution in [2.45, 2.75) is 13.3 Å². The van der Waals surface area contributed by atoms with Gasteiger partial charge in [0.25, 0.3) is 0 Å². The molecule has 2 aromatic carbocycles. The van der Waals surface area contributed by atoms with Gasteiger partial charge in [0.15, 0.2) is 11.5 Å². The van der Waals surface area contributed by atoms with Gasteiger partial charge in [-0.05, 0) is 31.0 Å². The SMILES string of the molecule is COc1cc2c(Nc3ccc(C)c(O)c3)ncnc2cc1OCCCN1CCOCC1. The summed E-state index contributed by atoms with van der Waals surface area (Å²) in [6.45, 7) is 6.99. The number of aromatic hydroxyl groups is 1. The lowest BCUT2D eigenvalue weighted by Crippen LogP contribution is -2.37. The molecule has 4 rings (SSSR count). The minimum atomic E-state index is 0.230. The number of nitrogens with zero attached hydrogens (tertiary/aromatic N) is 3. The first-order valence-electron chi connectivity index (χ1n) is 10.5. The van der Waals surface area contributed by atoms with Crippen LogP contribution in [-0.4, -0.2) is 66.5 Å². The second-order valence-electron chi connectivity index (χ2n) is 7.52. The number of aryl methyl sites for hydroxylation is 1. The predicted octanol–water partition coefficient (Wildman–Crippen LogP) is 3.50. The number of phenolic OH excluding ortho intramolecular Hbond substituents is 1. The van der Waals surface area contributed by atoms with E-state index < -0.39 is 0 Å². The van der Waals surface area contributed by atoms with E-state index in [9.17, 15) is 5.11 Å². The Morgan fingerprint density at radius 2 is 1.97 bits per heavy atom. The number of anilines is 2. The Hall–Kier alpha value is -3.10. The summed E-state index contributed by atoms with van der Waals surface area (Å²) in [4.78, 5) is 11.2. The molecule has 31 heavy (non-hydrogen) atoms. The third kappa shape index (κ3) is 5.15. The van der Waals surface area contributed by atoms with Crippen molar-refractivity contribution in [1.82, 2.24) is 14.9 Å². The maximum atomic E-state index is 9.98. The van der Waals surface area contributed by atoms with Crippen molar-refractivity contribution in [2.24, 2.45) is 0 Å². The molecule has 2 N–H and O–H groups in total. The number of ether oxygens (including phenoxy) is 3. The highest BCUT2D eigenvalue weighted by Gasteiger charge is 2.13. The Kier molecular flexibility index (Phi) is 6.69. The number of benzene rings is 2. The predicted molar refractivity (Wildman–Crippen MR) is 120 cm³/mol. The summed E-state index contributed by atoms with van der Waals surface area (Å²) in [7, 11) is 1.62. The van der Waals surface area contributed by atoms with Crippen LogP contribution in [-0.2, 0) is 4.74 Å². The number of hydrogen-bond donors (Lipinski definition) is 2. The van der Waals surface area contributed by atoms with Gasteiger partial charge < -0.3 is 24.6 Å². The molecule has 0 aliphatic carbocycles. The van der Waals surface area contributed by atoms with E-state index in [4.69, 9.17) is 14.2 Å². The Labute approximate surface area is 181 Å². The molecule has 1 aliphatic rings. The lowest BCUT2D eigenvalue weighted by Gasteiger charge is -2.26. The Bertz CT molecular complexity index is 1040. The summed E-state index contributed by atoms with van der Waals surface area (Å²) in [6.07, 6.45) is 2.43. The molecule has 1 fully saturated rings. The van der Waals surface area contributed by atoms with Crippen molar-refractivity contribution >= 4 is 22.4 Å². The minimum absolute atomic E-state index is 0.230. The van der Waals surface area contributed by atoms with E-state index in [0.29, 0.717) is 23.9 Å². The fourth-order valence-corrected chi connectivity index (χ4v) is 3.55. The Balaban J connectivity index is 1.48. The van der Waals surface area contributed by atoms with Gasteiger partial charge in [0.2, 0.25) is 0 Å². The summed E-state index contributed by atoms with van der Waals surface area (Å²) in [6, 6.07) is 9.18. The summed E-state index contributed by atoms with van der Waals surface area (Å²) in [5.41, 5.74) is 2.30. The number of rotatable bonds is 8. The highest BCUT2D eigenvalue weighted by molar-refractivity contribution is 5.93. The molecule has 8 nitrogen and oxygen atoms in total. The van der Waals surface area contributed by atoms with Gasteiger partial charge in [-0.3, -0.25) is 4.90 Å². The van der Waals surface area contributed by atoms with Crippen molar-refractivity contribution < 1.29 is 19.3 Å². The second kappa shape index (κ2) is 9.80. The molecule has 8 heteroatoms. The molecule has 1 aromatic heterocycles. The molecule has 0 radical (unpaired) electrons. The van der Waals surface area contributed by atoms with E-state index >= 15 is 0 Å². The molecule has 0 atom stereocenters. The van der Waals surface area contributed by atoms with Gasteiger partial charge >= 0.3 is 0 Å². The van der Waals surface area contributed by atoms with Crippen LogP contribution < -0.4 is 14.8 Å². The highest BCUT2D eigenvalue weighted by Crippen LogP contribution is 2.35. The number of fused-ring (bicyclic) bond motifs is 1. The van der Waals surface area contributed by atoms with E-state index in [1.54, 1.807) is 13.2 Å². The minimum Gasteiger partial charge on any atom is -0.508 e. The number of aromatic nitrogens is 2. The Morgan fingerprint density at radius 3 is 2.74 bits per heavy atom. The van der Waals surface area contributed by atoms with E-state index in [1.807, 2.05) is 31.2 Å².